The van der Waals surface area contributed by atoms with Crippen LogP contribution in [0.4, 0.5) is 0 Å². The predicted molar refractivity (Wildman–Crippen MR) is 74.2 cm³/mol. The van der Waals surface area contributed by atoms with Crippen LogP contribution in [-0.2, 0) is 14.3 Å². The van der Waals surface area contributed by atoms with E-state index in [0.29, 0.717) is 11.3 Å². The smallest absolute Gasteiger partial charge is 0.340 e. The maximum Gasteiger partial charge on any atom is 0.340 e. The number of benzene rings is 1. The third-order valence-corrected chi connectivity index (χ3v) is 3.05. The van der Waals surface area contributed by atoms with Gasteiger partial charge in [0, 0.05) is 5.70 Å². The Morgan fingerprint density at radius 3 is 2.38 bits per heavy atom. The molecule has 0 aromatic heterocycles. The Hall–Kier alpha value is -2.89. The highest BCUT2D eigenvalue weighted by atomic mass is 16.5. The van der Waals surface area contributed by atoms with Crippen LogP contribution in [0.25, 0.3) is 6.08 Å². The summed E-state index contributed by atoms with van der Waals surface area (Å²) in [5.41, 5.74) is 1.57. The van der Waals surface area contributed by atoms with Gasteiger partial charge in [0.05, 0.1) is 23.8 Å². The highest BCUT2D eigenvalue weighted by molar-refractivity contribution is 6.16. The summed E-state index contributed by atoms with van der Waals surface area (Å²) in [6.07, 6.45) is 1.52. The first kappa shape index (κ1) is 14.5. The maximum atomic E-state index is 11.9. The molecular formula is C15H13NO5. The Kier molecular flexibility index (Phi) is 3.89. The predicted octanol–water partition coefficient (Wildman–Crippen LogP) is 1.34. The Balaban J connectivity index is 2.41. The fourth-order valence-electron chi connectivity index (χ4n) is 2.01. The summed E-state index contributed by atoms with van der Waals surface area (Å²) in [6.45, 7) is 1.61. The number of rotatable bonds is 3. The van der Waals surface area contributed by atoms with Gasteiger partial charge in [-0.2, -0.15) is 0 Å². The zero-order valence-electron chi connectivity index (χ0n) is 11.5. The first-order valence-electron chi connectivity index (χ1n) is 6.10. The number of esters is 1. The number of hydrogen-bond acceptors (Lipinski definition) is 4. The molecule has 21 heavy (non-hydrogen) atoms. The number of allylic oxidation sites excluding steroid dienone is 1. The zero-order chi connectivity index (χ0) is 15.6. The van der Waals surface area contributed by atoms with Crippen LogP contribution < -0.4 is 5.32 Å². The number of ether oxygens (including phenoxy) is 1. The number of nitrogens with one attached hydrogen (secondary N) is 1. The molecule has 0 spiro atoms. The molecule has 2 N–H and O–H groups in total. The normalized spacial score (nSPS) is 16.1. The molecule has 0 radical (unpaired) electrons. The fraction of sp³-hybridized carbons (Fsp3) is 0.133. The van der Waals surface area contributed by atoms with Gasteiger partial charge in [-0.1, -0.05) is 12.1 Å². The van der Waals surface area contributed by atoms with Crippen LogP contribution in [0.3, 0.4) is 0 Å². The van der Waals surface area contributed by atoms with Crippen molar-refractivity contribution >= 4 is 23.9 Å². The molecule has 0 fully saturated rings. The molecule has 0 unspecified atom stereocenters. The number of carboxylic acid groups (broad SMARTS) is 1. The van der Waals surface area contributed by atoms with Gasteiger partial charge in [0.2, 0.25) is 0 Å². The van der Waals surface area contributed by atoms with E-state index in [-0.39, 0.29) is 16.7 Å². The van der Waals surface area contributed by atoms with E-state index in [4.69, 9.17) is 5.11 Å². The SMILES string of the molecule is COC(=O)C1=C(C)NC(=O)/C1=C\c1ccc(C(=O)O)cc1. The second-order valence-electron chi connectivity index (χ2n) is 4.43. The minimum Gasteiger partial charge on any atom is -0.478 e. The third-order valence-electron chi connectivity index (χ3n) is 3.05. The average molecular weight is 287 g/mol. The third kappa shape index (κ3) is 2.84. The Morgan fingerprint density at radius 1 is 1.24 bits per heavy atom. The minimum absolute atomic E-state index is 0.146. The molecule has 1 amide bonds. The molecular weight excluding hydrogens is 274 g/mol. The van der Waals surface area contributed by atoms with Crippen LogP contribution >= 0.6 is 0 Å². The lowest BCUT2D eigenvalue weighted by molar-refractivity contribution is -0.136. The molecule has 1 heterocycles. The average Bonchev–Trinajstić information content (AvgIpc) is 2.73. The molecule has 6 heteroatoms. The molecule has 1 aliphatic heterocycles. The van der Waals surface area contributed by atoms with Crippen LogP contribution in [0, 0.1) is 0 Å². The van der Waals surface area contributed by atoms with Crippen LogP contribution in [0.15, 0.2) is 41.1 Å². The molecule has 1 aromatic carbocycles. The standard InChI is InChI=1S/C15H13NO5/c1-8-12(15(20)21-2)11(13(17)16-8)7-9-3-5-10(6-4-9)14(18)19/h3-7H,1-2H3,(H,16,17)(H,18,19)/b11-7-. The lowest BCUT2D eigenvalue weighted by Crippen LogP contribution is -2.15. The van der Waals surface area contributed by atoms with E-state index >= 15 is 0 Å². The van der Waals surface area contributed by atoms with Crippen molar-refractivity contribution in [2.45, 2.75) is 6.92 Å². The van der Waals surface area contributed by atoms with Gasteiger partial charge in [-0.05, 0) is 30.7 Å². The van der Waals surface area contributed by atoms with Crippen LogP contribution in [0.2, 0.25) is 0 Å². The van der Waals surface area contributed by atoms with E-state index in [9.17, 15) is 14.4 Å². The van der Waals surface area contributed by atoms with Crippen molar-refractivity contribution in [2.24, 2.45) is 0 Å². The van der Waals surface area contributed by atoms with E-state index < -0.39 is 17.8 Å². The van der Waals surface area contributed by atoms with Gasteiger partial charge in [0.1, 0.15) is 0 Å². The van der Waals surface area contributed by atoms with Crippen molar-refractivity contribution in [2.75, 3.05) is 7.11 Å². The summed E-state index contributed by atoms with van der Waals surface area (Å²) in [7, 11) is 1.24. The number of amides is 1. The van der Waals surface area contributed by atoms with Crippen LogP contribution in [-0.4, -0.2) is 30.1 Å². The molecule has 0 saturated carbocycles. The van der Waals surface area contributed by atoms with Crippen molar-refractivity contribution in [3.05, 3.63) is 52.2 Å². The molecule has 108 valence electrons. The molecule has 0 saturated heterocycles. The van der Waals surface area contributed by atoms with Gasteiger partial charge in [-0.15, -0.1) is 0 Å². The lowest BCUT2D eigenvalue weighted by atomic mass is 10.0. The number of carbonyl (C=O) groups excluding carboxylic acids is 2. The van der Waals surface area contributed by atoms with Crippen molar-refractivity contribution in [1.82, 2.24) is 5.32 Å². The molecule has 2 rings (SSSR count). The Bertz CT molecular complexity index is 683. The second-order valence-corrected chi connectivity index (χ2v) is 4.43. The summed E-state index contributed by atoms with van der Waals surface area (Å²) in [5, 5.41) is 11.4. The zero-order valence-corrected chi connectivity index (χ0v) is 11.5. The van der Waals surface area contributed by atoms with E-state index in [1.165, 1.54) is 25.3 Å². The summed E-state index contributed by atoms with van der Waals surface area (Å²) in [4.78, 5) is 34.4. The number of methoxy groups -OCH3 is 1. The highest BCUT2D eigenvalue weighted by Crippen LogP contribution is 2.24. The summed E-state index contributed by atoms with van der Waals surface area (Å²) in [5.74, 6) is -2.02. The number of aromatic carboxylic acids is 1. The number of hydrogen-bond donors (Lipinski definition) is 2. The molecule has 0 atom stereocenters. The van der Waals surface area contributed by atoms with Crippen molar-refractivity contribution in [3.63, 3.8) is 0 Å². The summed E-state index contributed by atoms with van der Waals surface area (Å²) in [6, 6.07) is 5.98. The quantitative estimate of drug-likeness (QED) is 0.646. The van der Waals surface area contributed by atoms with Crippen LogP contribution in [0.1, 0.15) is 22.8 Å². The Labute approximate surface area is 120 Å². The van der Waals surface area contributed by atoms with Crippen molar-refractivity contribution < 1.29 is 24.2 Å². The highest BCUT2D eigenvalue weighted by Gasteiger charge is 2.30. The molecule has 1 aliphatic rings. The van der Waals surface area contributed by atoms with Gasteiger partial charge in [-0.25, -0.2) is 9.59 Å². The van der Waals surface area contributed by atoms with Gasteiger partial charge in [-0.3, -0.25) is 4.79 Å². The van der Waals surface area contributed by atoms with Crippen molar-refractivity contribution in [1.29, 1.82) is 0 Å². The molecule has 6 nitrogen and oxygen atoms in total. The summed E-state index contributed by atoms with van der Waals surface area (Å²) >= 11 is 0. The van der Waals surface area contributed by atoms with E-state index in [2.05, 4.69) is 10.1 Å². The van der Waals surface area contributed by atoms with Gasteiger partial charge < -0.3 is 15.2 Å². The monoisotopic (exact) mass is 287 g/mol. The fourth-order valence-corrected chi connectivity index (χ4v) is 2.01. The van der Waals surface area contributed by atoms with E-state index in [0.717, 1.165) is 0 Å². The Morgan fingerprint density at radius 2 is 1.86 bits per heavy atom. The summed E-state index contributed by atoms with van der Waals surface area (Å²) < 4.78 is 4.66. The largest absolute Gasteiger partial charge is 0.478 e. The first-order valence-corrected chi connectivity index (χ1v) is 6.10. The number of carbonyl (C=O) groups is 3. The minimum atomic E-state index is -1.03. The van der Waals surface area contributed by atoms with E-state index in [1.807, 2.05) is 0 Å². The molecule has 1 aromatic rings. The maximum absolute atomic E-state index is 11.9. The van der Waals surface area contributed by atoms with Crippen LogP contribution in [0.5, 0.6) is 0 Å². The first-order chi connectivity index (χ1) is 9.93. The van der Waals surface area contributed by atoms with Crippen molar-refractivity contribution in [3.8, 4) is 0 Å². The molecule has 0 bridgehead atoms. The lowest BCUT2D eigenvalue weighted by Gasteiger charge is -2.02. The van der Waals surface area contributed by atoms with Gasteiger partial charge in [0.25, 0.3) is 5.91 Å². The van der Waals surface area contributed by atoms with Gasteiger partial charge >= 0.3 is 11.9 Å². The topological polar surface area (TPSA) is 92.7 Å². The second kappa shape index (κ2) is 5.62. The molecule has 0 aliphatic carbocycles. The number of carboxylic acids is 1. The van der Waals surface area contributed by atoms with E-state index in [1.54, 1.807) is 19.1 Å². The van der Waals surface area contributed by atoms with Gasteiger partial charge in [0.15, 0.2) is 0 Å².